The van der Waals surface area contributed by atoms with Crippen molar-refractivity contribution in [1.29, 1.82) is 0 Å². The molecule has 336 valence electrons. The van der Waals surface area contributed by atoms with Gasteiger partial charge in [0, 0.05) is 43.8 Å². The van der Waals surface area contributed by atoms with E-state index in [0.717, 1.165) is 23.5 Å². The first-order valence-electron chi connectivity index (χ1n) is 20.8. The third-order valence-electron chi connectivity index (χ3n) is 10.5. The number of rotatable bonds is 25. The van der Waals surface area contributed by atoms with E-state index in [-0.39, 0.29) is 49.3 Å². The molecular formula is C41H59N7O13. The molecule has 1 saturated heterocycles. The average molecular weight is 858 g/mol. The van der Waals surface area contributed by atoms with Crippen LogP contribution in [-0.4, -0.2) is 113 Å². The van der Waals surface area contributed by atoms with Crippen molar-refractivity contribution in [3.05, 3.63) is 35.6 Å². The zero-order valence-corrected chi connectivity index (χ0v) is 34.6. The zero-order chi connectivity index (χ0) is 44.9. The number of hydrogen-bond acceptors (Lipinski definition) is 11. The number of hydrogen-bond donors (Lipinski definition) is 8. The summed E-state index contributed by atoms with van der Waals surface area (Å²) < 4.78 is 0. The fourth-order valence-corrected chi connectivity index (χ4v) is 6.90. The minimum Gasteiger partial charge on any atom is -0.481 e. The van der Waals surface area contributed by atoms with Gasteiger partial charge in [-0.3, -0.25) is 38.4 Å². The highest BCUT2D eigenvalue weighted by Gasteiger charge is 2.35. The first kappa shape index (κ1) is 49.3. The van der Waals surface area contributed by atoms with Crippen molar-refractivity contribution >= 4 is 59.3 Å². The van der Waals surface area contributed by atoms with E-state index in [9.17, 15) is 53.1 Å². The number of carbonyl (C=O) groups is 10. The van der Waals surface area contributed by atoms with Crippen LogP contribution in [-0.2, 0) is 52.8 Å². The van der Waals surface area contributed by atoms with E-state index < -0.39 is 79.0 Å². The highest BCUT2D eigenvalue weighted by molar-refractivity contribution is 5.96. The van der Waals surface area contributed by atoms with Crippen LogP contribution in [0.4, 0.5) is 0 Å². The number of carboxylic acids is 2. The Morgan fingerprint density at radius 3 is 2.03 bits per heavy atom. The van der Waals surface area contributed by atoms with Gasteiger partial charge in [0.1, 0.15) is 12.1 Å². The molecule has 2 aliphatic carbocycles. The molecule has 20 heteroatoms. The summed E-state index contributed by atoms with van der Waals surface area (Å²) in [6.45, 7) is 5.11. The van der Waals surface area contributed by atoms with Crippen LogP contribution in [0.5, 0.6) is 0 Å². The summed E-state index contributed by atoms with van der Waals surface area (Å²) >= 11 is 0. The van der Waals surface area contributed by atoms with Crippen LogP contribution in [0.1, 0.15) is 110 Å². The molecule has 61 heavy (non-hydrogen) atoms. The van der Waals surface area contributed by atoms with E-state index in [0.29, 0.717) is 82.1 Å². The Balaban J connectivity index is 1.29. The minimum absolute atomic E-state index is 0.0320. The summed E-state index contributed by atoms with van der Waals surface area (Å²) in [5.74, 6) is -7.42. The Bertz CT molecular complexity index is 1720. The van der Waals surface area contributed by atoms with Gasteiger partial charge in [0.2, 0.25) is 29.5 Å². The molecule has 7 amide bonds. The minimum atomic E-state index is -1.38. The zero-order valence-electron chi connectivity index (χ0n) is 34.6. The maximum absolute atomic E-state index is 12.8. The number of carbonyl (C=O) groups excluding carboxylic acids is 8. The molecule has 0 aromatic rings. The third-order valence-corrected chi connectivity index (χ3v) is 10.5. The number of hydroxylamine groups is 2. The van der Waals surface area contributed by atoms with E-state index in [1.54, 1.807) is 0 Å². The van der Waals surface area contributed by atoms with Crippen molar-refractivity contribution in [2.45, 2.75) is 122 Å². The van der Waals surface area contributed by atoms with Gasteiger partial charge in [-0.15, -0.1) is 5.06 Å². The van der Waals surface area contributed by atoms with Gasteiger partial charge in [-0.05, 0) is 90.4 Å². The molecule has 1 aliphatic heterocycles. The van der Waals surface area contributed by atoms with E-state index in [2.05, 4.69) is 38.5 Å². The Morgan fingerprint density at radius 1 is 0.754 bits per heavy atom. The summed E-state index contributed by atoms with van der Waals surface area (Å²) in [6, 6.07) is -2.65. The van der Waals surface area contributed by atoms with E-state index in [1.165, 1.54) is 0 Å². The van der Waals surface area contributed by atoms with Crippen LogP contribution in [0, 0.1) is 11.8 Å². The lowest BCUT2D eigenvalue weighted by atomic mass is 9.81. The van der Waals surface area contributed by atoms with Gasteiger partial charge in [-0.25, -0.2) is 9.59 Å². The maximum Gasteiger partial charge on any atom is 0.336 e. The molecule has 0 aromatic carbocycles. The molecule has 0 radical (unpaired) electrons. The second-order valence-corrected chi connectivity index (χ2v) is 15.4. The Hall–Kier alpha value is -6.08. The van der Waals surface area contributed by atoms with Crippen LogP contribution in [0.15, 0.2) is 35.6 Å². The highest BCUT2D eigenvalue weighted by Crippen LogP contribution is 2.31. The van der Waals surface area contributed by atoms with Crippen LogP contribution < -0.4 is 31.9 Å². The summed E-state index contributed by atoms with van der Waals surface area (Å²) in [6.07, 6.45) is 8.84. The molecule has 2 fully saturated rings. The van der Waals surface area contributed by atoms with Crippen molar-refractivity contribution in [2.75, 3.05) is 26.2 Å². The monoisotopic (exact) mass is 857 g/mol. The fraction of sp³-hybridized carbons (Fsp3) is 0.610. The number of nitrogens with one attached hydrogen (secondary N) is 6. The van der Waals surface area contributed by atoms with Gasteiger partial charge < -0.3 is 47.0 Å². The molecule has 2 atom stereocenters. The number of aliphatic carboxylic acids is 2. The molecular weight excluding hydrogens is 798 g/mol. The molecule has 20 nitrogen and oxygen atoms in total. The number of unbranched alkanes of at least 4 members (excludes halogenated alkanes) is 2. The number of allylic oxidation sites excluding steroid dienone is 3. The van der Waals surface area contributed by atoms with Gasteiger partial charge in [-0.1, -0.05) is 24.3 Å². The molecule has 3 aliphatic rings. The number of nitrogens with zero attached hydrogens (tertiary/aromatic N) is 1. The lowest BCUT2D eigenvalue weighted by molar-refractivity contribution is -0.191. The standard InChI is InChI=1S/C41H59N7O13/c1-25-8-7-9-29(22-25)38(56)43-20-5-3-10-31(40(58)59)47-34(51)24-45-39(57)30(17-19-36(53)54)46-33(50)23-44-32(49)11-4-6-21-42-37(55)27-13-15-28(16-14-27)41(60)61-48-26(2)12-18-35(48)52/h9,22,27-28,30-31H,2-8,10-21,23-24H2,1H3,(H,42,55)(H,43,56)(H,44,49)(H,45,57)(H,46,50)(H,47,51)(H,53,54)(H,58,59)/t27?,28?,30-,31-/m1/s1. The van der Waals surface area contributed by atoms with Crippen molar-refractivity contribution in [2.24, 2.45) is 11.8 Å². The van der Waals surface area contributed by atoms with Crippen molar-refractivity contribution in [3.63, 3.8) is 0 Å². The van der Waals surface area contributed by atoms with Crippen molar-refractivity contribution < 1.29 is 63.0 Å². The van der Waals surface area contributed by atoms with Gasteiger partial charge in [0.25, 0.3) is 11.8 Å². The topological polar surface area (TPSA) is 296 Å². The van der Waals surface area contributed by atoms with Gasteiger partial charge in [0.05, 0.1) is 24.7 Å². The lowest BCUT2D eigenvalue weighted by Gasteiger charge is -2.27. The van der Waals surface area contributed by atoms with E-state index in [4.69, 9.17) is 9.94 Å². The highest BCUT2D eigenvalue weighted by atomic mass is 16.7. The average Bonchev–Trinajstić information content (AvgIpc) is 3.54. The third kappa shape index (κ3) is 18.0. The first-order chi connectivity index (χ1) is 29.0. The molecule has 8 N–H and O–H groups in total. The quantitative estimate of drug-likeness (QED) is 0.0590. The van der Waals surface area contributed by atoms with Crippen molar-refractivity contribution in [3.8, 4) is 0 Å². The molecule has 0 bridgehead atoms. The maximum atomic E-state index is 12.8. The Morgan fingerprint density at radius 2 is 1.39 bits per heavy atom. The van der Waals surface area contributed by atoms with Crippen LogP contribution in [0.25, 0.3) is 0 Å². The van der Waals surface area contributed by atoms with Crippen LogP contribution in [0.3, 0.4) is 0 Å². The summed E-state index contributed by atoms with van der Waals surface area (Å²) in [5.41, 5.74) is 2.14. The predicted octanol–water partition coefficient (Wildman–Crippen LogP) is 0.778. The molecule has 0 aromatic heterocycles. The second-order valence-electron chi connectivity index (χ2n) is 15.4. The van der Waals surface area contributed by atoms with E-state index >= 15 is 0 Å². The number of amides is 7. The Kier molecular flexibility index (Phi) is 20.6. The van der Waals surface area contributed by atoms with Gasteiger partial charge >= 0.3 is 17.9 Å². The van der Waals surface area contributed by atoms with Gasteiger partial charge in [0.15, 0.2) is 0 Å². The predicted molar refractivity (Wildman–Crippen MR) is 216 cm³/mol. The number of carboxylic acid groups (broad SMARTS) is 2. The SMILES string of the molecule is C=C1CCC(=O)N1OC(=O)C1CCC(C(=O)NCCCCC(=O)NCC(=O)N[C@H](CCC(=O)O)C(=O)NCC(=O)N[C@H](CCCCNC(=O)C2=CCCC(C)=C2)C(=O)O)CC1. The van der Waals surface area contributed by atoms with Crippen LogP contribution >= 0.6 is 0 Å². The lowest BCUT2D eigenvalue weighted by Crippen LogP contribution is -2.52. The van der Waals surface area contributed by atoms with Crippen LogP contribution in [0.2, 0.25) is 0 Å². The van der Waals surface area contributed by atoms with Gasteiger partial charge in [-0.2, -0.15) is 0 Å². The summed E-state index contributed by atoms with van der Waals surface area (Å²) in [4.78, 5) is 128. The molecule has 0 unspecified atom stereocenters. The molecule has 3 rings (SSSR count). The first-order valence-corrected chi connectivity index (χ1v) is 20.8. The normalized spacial score (nSPS) is 18.3. The van der Waals surface area contributed by atoms with Crippen molar-refractivity contribution in [1.82, 2.24) is 37.0 Å². The smallest absolute Gasteiger partial charge is 0.336 e. The molecule has 1 heterocycles. The second kappa shape index (κ2) is 25.5. The van der Waals surface area contributed by atoms with E-state index in [1.807, 2.05) is 19.1 Å². The fourth-order valence-electron chi connectivity index (χ4n) is 6.90. The summed E-state index contributed by atoms with van der Waals surface area (Å²) in [7, 11) is 0. The Labute approximate surface area is 354 Å². The summed E-state index contributed by atoms with van der Waals surface area (Å²) in [5, 5.41) is 34.6. The molecule has 1 saturated carbocycles. The largest absolute Gasteiger partial charge is 0.481 e. The molecule has 0 spiro atoms.